The van der Waals surface area contributed by atoms with Gasteiger partial charge < -0.3 is 19.7 Å². The maximum Gasteiger partial charge on any atom is 0.337 e. The van der Waals surface area contributed by atoms with Gasteiger partial charge in [-0.05, 0) is 49.6 Å². The van der Waals surface area contributed by atoms with Crippen LogP contribution in [0.4, 0.5) is 11.6 Å². The number of hydrogen-bond donors (Lipinski definition) is 2. The Balaban J connectivity index is 1.51. The van der Waals surface area contributed by atoms with Crippen LogP contribution >= 0.6 is 0 Å². The third-order valence-electron chi connectivity index (χ3n) is 6.76. The van der Waals surface area contributed by atoms with E-state index in [2.05, 4.69) is 34.5 Å². The van der Waals surface area contributed by atoms with Gasteiger partial charge in [-0.1, -0.05) is 48.5 Å². The van der Waals surface area contributed by atoms with Gasteiger partial charge in [-0.2, -0.15) is 0 Å². The summed E-state index contributed by atoms with van der Waals surface area (Å²) in [6, 6.07) is 22.4. The molecule has 35 heavy (non-hydrogen) atoms. The molecule has 0 amide bonds. The van der Waals surface area contributed by atoms with Crippen molar-refractivity contribution in [2.24, 2.45) is 0 Å². The minimum Gasteiger partial charge on any atom is -0.478 e. The van der Waals surface area contributed by atoms with Gasteiger partial charge in [0.15, 0.2) is 11.3 Å². The Kier molecular flexibility index (Phi) is 6.03. The zero-order valence-corrected chi connectivity index (χ0v) is 19.8. The summed E-state index contributed by atoms with van der Waals surface area (Å²) in [5.74, 6) is -0.0304. The van der Waals surface area contributed by atoms with Gasteiger partial charge in [0.05, 0.1) is 17.0 Å². The Morgan fingerprint density at radius 3 is 2.60 bits per heavy atom. The maximum atomic E-state index is 13.2. The molecule has 1 unspecified atom stereocenters. The zero-order chi connectivity index (χ0) is 24.5. The molecule has 1 aliphatic heterocycles. The minimum absolute atomic E-state index is 0.0764. The quantitative estimate of drug-likeness (QED) is 0.363. The van der Waals surface area contributed by atoms with Crippen LogP contribution in [0.3, 0.4) is 0 Å². The van der Waals surface area contributed by atoms with Crippen molar-refractivity contribution in [1.82, 2.24) is 0 Å². The molecule has 0 bridgehead atoms. The Labute approximate surface area is 203 Å². The van der Waals surface area contributed by atoms with E-state index in [1.165, 1.54) is 5.56 Å². The standard InChI is InChI=1S/C29H28N2O4/c1-18-14-23(19(2)30-25-11-7-6-10-22(25)29(33)34)28-24(15-18)26(32)16-27(35-28)31-13-12-21(17-31)20-8-4-3-5-9-20/h3-11,14-16,19,21,30H,12-13,17H2,1-2H3,(H,33,34)/t19?,21-/m1/s1. The third kappa shape index (κ3) is 4.52. The summed E-state index contributed by atoms with van der Waals surface area (Å²) in [4.78, 5) is 27.0. The van der Waals surface area contributed by atoms with Gasteiger partial charge in [-0.15, -0.1) is 0 Å². The molecule has 0 saturated carbocycles. The molecule has 0 spiro atoms. The summed E-state index contributed by atoms with van der Waals surface area (Å²) in [7, 11) is 0. The maximum absolute atomic E-state index is 13.2. The number of anilines is 2. The summed E-state index contributed by atoms with van der Waals surface area (Å²) in [5, 5.41) is 13.4. The molecular weight excluding hydrogens is 440 g/mol. The third-order valence-corrected chi connectivity index (χ3v) is 6.76. The molecule has 2 atom stereocenters. The van der Waals surface area contributed by atoms with Crippen LogP contribution in [0.15, 0.2) is 82.0 Å². The number of carboxylic acid groups (broad SMARTS) is 1. The Hall–Kier alpha value is -4.06. The number of nitrogens with zero attached hydrogens (tertiary/aromatic N) is 1. The van der Waals surface area contributed by atoms with Crippen LogP contribution in [0, 0.1) is 6.92 Å². The zero-order valence-electron chi connectivity index (χ0n) is 19.8. The van der Waals surface area contributed by atoms with Crippen molar-refractivity contribution in [3.05, 3.63) is 105 Å². The predicted octanol–water partition coefficient (Wildman–Crippen LogP) is 5.97. The molecule has 1 fully saturated rings. The lowest BCUT2D eigenvalue weighted by atomic mass is 9.99. The average molecular weight is 469 g/mol. The summed E-state index contributed by atoms with van der Waals surface area (Å²) in [6.07, 6.45) is 0.996. The molecule has 1 aromatic heterocycles. The second kappa shape index (κ2) is 9.29. The highest BCUT2D eigenvalue weighted by Crippen LogP contribution is 2.34. The van der Waals surface area contributed by atoms with E-state index in [1.54, 1.807) is 30.3 Å². The Morgan fingerprint density at radius 1 is 1.09 bits per heavy atom. The van der Waals surface area contributed by atoms with Gasteiger partial charge in [0.2, 0.25) is 0 Å². The van der Waals surface area contributed by atoms with E-state index in [4.69, 9.17) is 4.42 Å². The van der Waals surface area contributed by atoms with E-state index in [1.807, 2.05) is 32.0 Å². The molecule has 6 nitrogen and oxygen atoms in total. The number of carbonyl (C=O) groups is 1. The molecule has 6 heteroatoms. The molecule has 1 aliphatic rings. The van der Waals surface area contributed by atoms with Gasteiger partial charge in [-0.25, -0.2) is 4.79 Å². The highest BCUT2D eigenvalue weighted by molar-refractivity contribution is 5.94. The van der Waals surface area contributed by atoms with Crippen molar-refractivity contribution in [1.29, 1.82) is 0 Å². The fraction of sp³-hybridized carbons (Fsp3) is 0.241. The van der Waals surface area contributed by atoms with Crippen LogP contribution in [0.2, 0.25) is 0 Å². The molecule has 5 rings (SSSR count). The molecule has 0 radical (unpaired) electrons. The monoisotopic (exact) mass is 468 g/mol. The largest absolute Gasteiger partial charge is 0.478 e. The van der Waals surface area contributed by atoms with E-state index in [9.17, 15) is 14.7 Å². The van der Waals surface area contributed by atoms with Gasteiger partial charge in [0, 0.05) is 36.3 Å². The van der Waals surface area contributed by atoms with Crippen LogP contribution in [-0.4, -0.2) is 24.2 Å². The van der Waals surface area contributed by atoms with Gasteiger partial charge >= 0.3 is 5.97 Å². The number of aromatic carboxylic acids is 1. The van der Waals surface area contributed by atoms with E-state index in [0.717, 1.165) is 30.6 Å². The molecule has 3 aromatic carbocycles. The van der Waals surface area contributed by atoms with Crippen molar-refractivity contribution in [2.45, 2.75) is 32.2 Å². The van der Waals surface area contributed by atoms with E-state index in [-0.39, 0.29) is 17.0 Å². The SMILES string of the molecule is Cc1cc(C(C)Nc2ccccc2C(=O)O)c2oc(N3CC[C@@H](c4ccccc4)C3)cc(=O)c2c1. The molecular formula is C29H28N2O4. The second-order valence-electron chi connectivity index (χ2n) is 9.24. The molecule has 0 aliphatic carbocycles. The van der Waals surface area contributed by atoms with Crippen LogP contribution in [0.5, 0.6) is 0 Å². The number of benzene rings is 3. The van der Waals surface area contributed by atoms with Crippen LogP contribution in [-0.2, 0) is 0 Å². The Morgan fingerprint density at radius 2 is 1.83 bits per heavy atom. The number of nitrogens with one attached hydrogen (secondary N) is 1. The van der Waals surface area contributed by atoms with Gasteiger partial charge in [0.1, 0.15) is 5.58 Å². The first-order valence-corrected chi connectivity index (χ1v) is 11.9. The van der Waals surface area contributed by atoms with E-state index >= 15 is 0 Å². The number of rotatable bonds is 6. The number of para-hydroxylation sites is 1. The molecule has 2 N–H and O–H groups in total. The van der Waals surface area contributed by atoms with Crippen molar-refractivity contribution in [2.75, 3.05) is 23.3 Å². The molecule has 2 heterocycles. The number of hydrogen-bond acceptors (Lipinski definition) is 5. The summed E-state index contributed by atoms with van der Waals surface area (Å²) >= 11 is 0. The van der Waals surface area contributed by atoms with Crippen LogP contribution < -0.4 is 15.6 Å². The lowest BCUT2D eigenvalue weighted by Gasteiger charge is -2.21. The Bertz CT molecular complexity index is 1440. The highest BCUT2D eigenvalue weighted by Gasteiger charge is 2.26. The van der Waals surface area contributed by atoms with Crippen molar-refractivity contribution < 1.29 is 14.3 Å². The fourth-order valence-corrected chi connectivity index (χ4v) is 4.96. The second-order valence-corrected chi connectivity index (χ2v) is 9.24. The lowest BCUT2D eigenvalue weighted by molar-refractivity contribution is 0.0698. The minimum atomic E-state index is -0.995. The summed E-state index contributed by atoms with van der Waals surface area (Å²) in [6.45, 7) is 5.49. The van der Waals surface area contributed by atoms with Crippen molar-refractivity contribution in [3.8, 4) is 0 Å². The smallest absolute Gasteiger partial charge is 0.337 e. The summed E-state index contributed by atoms with van der Waals surface area (Å²) in [5.41, 5.74) is 4.23. The number of fused-ring (bicyclic) bond motifs is 1. The van der Waals surface area contributed by atoms with Crippen LogP contribution in [0.25, 0.3) is 11.0 Å². The normalized spacial score (nSPS) is 16.4. The highest BCUT2D eigenvalue weighted by atomic mass is 16.4. The van der Waals surface area contributed by atoms with Crippen LogP contribution in [0.1, 0.15) is 52.4 Å². The van der Waals surface area contributed by atoms with Gasteiger partial charge in [-0.3, -0.25) is 4.79 Å². The number of carboxylic acids is 1. The first-order valence-electron chi connectivity index (χ1n) is 11.9. The number of aryl methyl sites for hydroxylation is 1. The summed E-state index contributed by atoms with van der Waals surface area (Å²) < 4.78 is 6.40. The predicted molar refractivity (Wildman–Crippen MR) is 139 cm³/mol. The first-order chi connectivity index (χ1) is 16.9. The van der Waals surface area contributed by atoms with Crippen molar-refractivity contribution >= 4 is 28.5 Å². The van der Waals surface area contributed by atoms with E-state index < -0.39 is 5.97 Å². The lowest BCUT2D eigenvalue weighted by Crippen LogP contribution is -2.21. The van der Waals surface area contributed by atoms with Crippen molar-refractivity contribution in [3.63, 3.8) is 0 Å². The molecule has 1 saturated heterocycles. The topological polar surface area (TPSA) is 82.8 Å². The van der Waals surface area contributed by atoms with E-state index in [0.29, 0.717) is 28.5 Å². The molecule has 178 valence electrons. The first kappa shape index (κ1) is 22.7. The fourth-order valence-electron chi connectivity index (χ4n) is 4.96. The average Bonchev–Trinajstić information content (AvgIpc) is 3.35. The molecule has 4 aromatic rings. The van der Waals surface area contributed by atoms with Gasteiger partial charge in [0.25, 0.3) is 0 Å².